The van der Waals surface area contributed by atoms with Crippen molar-refractivity contribution in [1.29, 1.82) is 0 Å². The monoisotopic (exact) mass is 458 g/mol. The number of carbonyl (C=O) groups excluding carboxylic acids is 2. The van der Waals surface area contributed by atoms with Gasteiger partial charge in [0.15, 0.2) is 0 Å². The van der Waals surface area contributed by atoms with Crippen LogP contribution in [0.1, 0.15) is 36.0 Å². The highest BCUT2D eigenvalue weighted by Gasteiger charge is 2.42. The molecule has 1 N–H and O–H groups in total. The van der Waals surface area contributed by atoms with Crippen LogP contribution in [0.5, 0.6) is 0 Å². The maximum Gasteiger partial charge on any atom is 0.226 e. The number of amides is 2. The van der Waals surface area contributed by atoms with Crippen LogP contribution in [0.3, 0.4) is 0 Å². The van der Waals surface area contributed by atoms with Gasteiger partial charge in [0, 0.05) is 26.1 Å². The molecule has 1 saturated heterocycles. The Morgan fingerprint density at radius 1 is 0.794 bits per heavy atom. The maximum absolute atomic E-state index is 13.5. The second-order valence-electron chi connectivity index (χ2n) is 9.12. The van der Waals surface area contributed by atoms with Crippen LogP contribution >= 0.6 is 0 Å². The van der Waals surface area contributed by atoms with E-state index in [1.165, 1.54) is 12.1 Å². The molecule has 0 bridgehead atoms. The third-order valence-corrected chi connectivity index (χ3v) is 6.78. The average Bonchev–Trinajstić information content (AvgIpc) is 2.88. The summed E-state index contributed by atoms with van der Waals surface area (Å²) in [5.74, 6) is -0.152. The van der Waals surface area contributed by atoms with E-state index in [0.717, 1.165) is 23.1 Å². The summed E-state index contributed by atoms with van der Waals surface area (Å²) in [5.41, 5.74) is 2.56. The van der Waals surface area contributed by atoms with Crippen LogP contribution in [0.2, 0.25) is 0 Å². The minimum absolute atomic E-state index is 0.00272. The van der Waals surface area contributed by atoms with Gasteiger partial charge in [-0.2, -0.15) is 0 Å². The van der Waals surface area contributed by atoms with Gasteiger partial charge in [0.1, 0.15) is 5.82 Å². The van der Waals surface area contributed by atoms with Crippen LogP contribution < -0.4 is 5.32 Å². The Kier molecular flexibility index (Phi) is 7.73. The number of rotatable bonds is 8. The fraction of sp³-hybridized carbons (Fsp3) is 0.310. The number of hydrogen-bond acceptors (Lipinski definition) is 2. The summed E-state index contributed by atoms with van der Waals surface area (Å²) in [6, 6.07) is 26.3. The summed E-state index contributed by atoms with van der Waals surface area (Å²) in [5, 5.41) is 3.08. The van der Waals surface area contributed by atoms with Crippen LogP contribution in [-0.4, -0.2) is 29.8 Å². The Hall–Kier alpha value is -3.47. The molecule has 3 aromatic rings. The van der Waals surface area contributed by atoms with E-state index in [1.54, 1.807) is 12.1 Å². The van der Waals surface area contributed by atoms with Gasteiger partial charge in [-0.3, -0.25) is 9.59 Å². The van der Waals surface area contributed by atoms with E-state index in [2.05, 4.69) is 5.32 Å². The fourth-order valence-corrected chi connectivity index (χ4v) is 4.68. The molecule has 34 heavy (non-hydrogen) atoms. The Balaban J connectivity index is 1.40. The first-order chi connectivity index (χ1) is 16.5. The first-order valence-electron chi connectivity index (χ1n) is 11.9. The number of halogens is 1. The Labute approximate surface area is 200 Å². The molecule has 1 fully saturated rings. The van der Waals surface area contributed by atoms with Gasteiger partial charge < -0.3 is 10.2 Å². The molecule has 4 rings (SSSR count). The predicted molar refractivity (Wildman–Crippen MR) is 131 cm³/mol. The zero-order valence-corrected chi connectivity index (χ0v) is 19.4. The van der Waals surface area contributed by atoms with E-state index in [-0.39, 0.29) is 17.6 Å². The van der Waals surface area contributed by atoms with Crippen LogP contribution in [0, 0.1) is 11.2 Å². The van der Waals surface area contributed by atoms with Crippen molar-refractivity contribution in [3.8, 4) is 0 Å². The minimum atomic E-state index is -0.572. The van der Waals surface area contributed by atoms with E-state index in [9.17, 15) is 14.0 Å². The minimum Gasteiger partial charge on any atom is -0.352 e. The normalized spacial score (nSPS) is 15.0. The molecule has 0 aromatic heterocycles. The molecule has 4 nitrogen and oxygen atoms in total. The smallest absolute Gasteiger partial charge is 0.226 e. The number of piperidine rings is 1. The number of hydrogen-bond donors (Lipinski definition) is 1. The highest BCUT2D eigenvalue weighted by atomic mass is 19.1. The third-order valence-electron chi connectivity index (χ3n) is 6.78. The molecule has 0 saturated carbocycles. The van der Waals surface area contributed by atoms with E-state index in [4.69, 9.17) is 0 Å². The summed E-state index contributed by atoms with van der Waals surface area (Å²) in [7, 11) is 0. The second kappa shape index (κ2) is 11.1. The summed E-state index contributed by atoms with van der Waals surface area (Å²) in [6.07, 6.45) is 3.08. The summed E-state index contributed by atoms with van der Waals surface area (Å²) in [4.78, 5) is 28.2. The van der Waals surface area contributed by atoms with Crippen molar-refractivity contribution in [2.24, 2.45) is 5.41 Å². The second-order valence-corrected chi connectivity index (χ2v) is 9.12. The zero-order chi connectivity index (χ0) is 23.8. The quantitative estimate of drug-likeness (QED) is 0.521. The number of nitrogens with one attached hydrogen (secondary N) is 1. The van der Waals surface area contributed by atoms with Crippen LogP contribution in [0.15, 0.2) is 84.9 Å². The van der Waals surface area contributed by atoms with Gasteiger partial charge in [-0.25, -0.2) is 4.39 Å². The standard InChI is InChI=1S/C29H31FN2O2/c30-26-14-11-25(12-15-26)22-31-28(34)29(21-24-9-5-2-6-10-24)17-19-32(20-18-29)27(33)16-13-23-7-3-1-4-8-23/h1-12,14-15H,13,16-22H2,(H,31,34). The molecule has 5 heteroatoms. The molecule has 176 valence electrons. The van der Waals surface area contributed by atoms with Gasteiger partial charge in [0.25, 0.3) is 0 Å². The van der Waals surface area contributed by atoms with E-state index < -0.39 is 5.41 Å². The van der Waals surface area contributed by atoms with Crippen molar-refractivity contribution in [1.82, 2.24) is 10.2 Å². The molecule has 0 radical (unpaired) electrons. The largest absolute Gasteiger partial charge is 0.352 e. The van der Waals surface area contributed by atoms with Gasteiger partial charge >= 0.3 is 0 Å². The van der Waals surface area contributed by atoms with Crippen LogP contribution in [0.25, 0.3) is 0 Å². The maximum atomic E-state index is 13.5. The lowest BCUT2D eigenvalue weighted by Gasteiger charge is -2.41. The average molecular weight is 459 g/mol. The molecule has 1 aliphatic heterocycles. The number of likely N-dealkylation sites (tertiary alicyclic amines) is 1. The van der Waals surface area contributed by atoms with Crippen molar-refractivity contribution >= 4 is 11.8 Å². The molecule has 2 amide bonds. The van der Waals surface area contributed by atoms with Gasteiger partial charge in [0.05, 0.1) is 5.41 Å². The lowest BCUT2D eigenvalue weighted by atomic mass is 9.72. The summed E-state index contributed by atoms with van der Waals surface area (Å²) < 4.78 is 13.2. The zero-order valence-electron chi connectivity index (χ0n) is 19.4. The van der Waals surface area contributed by atoms with Crippen molar-refractivity contribution in [2.45, 2.75) is 38.6 Å². The summed E-state index contributed by atoms with van der Waals surface area (Å²) in [6.45, 7) is 1.50. The van der Waals surface area contributed by atoms with Crippen LogP contribution in [-0.2, 0) is 29.0 Å². The Bertz CT molecular complexity index is 1080. The van der Waals surface area contributed by atoms with Gasteiger partial charge in [-0.1, -0.05) is 72.8 Å². The lowest BCUT2D eigenvalue weighted by molar-refractivity contribution is -0.140. The molecule has 0 unspecified atom stereocenters. The van der Waals surface area contributed by atoms with Crippen molar-refractivity contribution in [3.63, 3.8) is 0 Å². The molecule has 0 atom stereocenters. The number of carbonyl (C=O) groups is 2. The molecule has 0 aliphatic carbocycles. The first kappa shape index (κ1) is 23.7. The van der Waals surface area contributed by atoms with E-state index in [0.29, 0.717) is 45.3 Å². The van der Waals surface area contributed by atoms with E-state index in [1.807, 2.05) is 65.6 Å². The van der Waals surface area contributed by atoms with Crippen molar-refractivity contribution in [3.05, 3.63) is 107 Å². The number of benzene rings is 3. The highest BCUT2D eigenvalue weighted by molar-refractivity contribution is 5.84. The number of nitrogens with zero attached hydrogens (tertiary/aromatic N) is 1. The first-order valence-corrected chi connectivity index (χ1v) is 11.9. The van der Waals surface area contributed by atoms with Crippen LogP contribution in [0.4, 0.5) is 4.39 Å². The van der Waals surface area contributed by atoms with E-state index >= 15 is 0 Å². The summed E-state index contributed by atoms with van der Waals surface area (Å²) >= 11 is 0. The Morgan fingerprint density at radius 2 is 1.38 bits per heavy atom. The Morgan fingerprint density at radius 3 is 2.00 bits per heavy atom. The topological polar surface area (TPSA) is 49.4 Å². The molecule has 0 spiro atoms. The van der Waals surface area contributed by atoms with Gasteiger partial charge in [0.2, 0.25) is 11.8 Å². The SMILES string of the molecule is O=C(CCc1ccccc1)N1CCC(Cc2ccccc2)(C(=O)NCc2ccc(F)cc2)CC1. The fourth-order valence-electron chi connectivity index (χ4n) is 4.68. The highest BCUT2D eigenvalue weighted by Crippen LogP contribution is 2.36. The van der Waals surface area contributed by atoms with Crippen molar-refractivity contribution in [2.75, 3.05) is 13.1 Å². The number of aryl methyl sites for hydroxylation is 1. The predicted octanol–water partition coefficient (Wildman–Crippen LogP) is 4.93. The van der Waals surface area contributed by atoms with Gasteiger partial charge in [-0.15, -0.1) is 0 Å². The molecular weight excluding hydrogens is 427 g/mol. The molecular formula is C29H31FN2O2. The molecule has 1 aliphatic rings. The van der Waals surface area contributed by atoms with Gasteiger partial charge in [-0.05, 0) is 54.5 Å². The third kappa shape index (κ3) is 6.10. The van der Waals surface area contributed by atoms with Crippen molar-refractivity contribution < 1.29 is 14.0 Å². The lowest BCUT2D eigenvalue weighted by Crippen LogP contribution is -2.51. The molecule has 1 heterocycles. The molecule has 3 aromatic carbocycles.